The van der Waals surface area contributed by atoms with Gasteiger partial charge < -0.3 is 4.90 Å². The maximum atomic E-state index is 12.8. The molecule has 1 saturated heterocycles. The number of hydrogen-bond acceptors (Lipinski definition) is 3. The molecule has 1 aliphatic rings. The summed E-state index contributed by atoms with van der Waals surface area (Å²) in [7, 11) is 0. The van der Waals surface area contributed by atoms with Gasteiger partial charge in [0.1, 0.15) is 17.6 Å². The van der Waals surface area contributed by atoms with E-state index in [-0.39, 0.29) is 11.4 Å². The summed E-state index contributed by atoms with van der Waals surface area (Å²) in [4.78, 5) is 5.50. The molecular formula is C14H16F3N3. The van der Waals surface area contributed by atoms with Crippen molar-refractivity contribution in [2.75, 3.05) is 18.0 Å². The molecule has 0 aromatic carbocycles. The average molecular weight is 283 g/mol. The van der Waals surface area contributed by atoms with Gasteiger partial charge in [0.25, 0.3) is 0 Å². The van der Waals surface area contributed by atoms with Gasteiger partial charge in [0, 0.05) is 13.1 Å². The summed E-state index contributed by atoms with van der Waals surface area (Å²) in [6.07, 6.45) is 0.653. The van der Waals surface area contributed by atoms with Gasteiger partial charge in [0.15, 0.2) is 0 Å². The summed E-state index contributed by atoms with van der Waals surface area (Å²) in [5.41, 5.74) is -0.730. The number of aromatic nitrogens is 1. The number of hydrogen-bond donors (Lipinski definition) is 0. The van der Waals surface area contributed by atoms with Crippen LogP contribution < -0.4 is 4.90 Å². The molecule has 0 amide bonds. The molecule has 2 heterocycles. The summed E-state index contributed by atoms with van der Waals surface area (Å²) in [6, 6.07) is 4.02. The van der Waals surface area contributed by atoms with Crippen molar-refractivity contribution in [1.29, 1.82) is 5.26 Å². The van der Waals surface area contributed by atoms with Crippen LogP contribution in [0.1, 0.15) is 43.4 Å². The lowest BCUT2D eigenvalue weighted by Gasteiger charge is -2.27. The fourth-order valence-corrected chi connectivity index (χ4v) is 2.39. The normalized spacial score (nSPS) is 17.2. The van der Waals surface area contributed by atoms with E-state index in [0.29, 0.717) is 13.1 Å². The van der Waals surface area contributed by atoms with Crippen molar-refractivity contribution in [1.82, 2.24) is 4.98 Å². The van der Waals surface area contributed by atoms with Crippen molar-refractivity contribution in [3.05, 3.63) is 23.4 Å². The molecule has 0 N–H and O–H groups in total. The van der Waals surface area contributed by atoms with Crippen molar-refractivity contribution in [2.24, 2.45) is 0 Å². The maximum absolute atomic E-state index is 12.8. The second-order valence-corrected chi connectivity index (χ2v) is 4.93. The number of alkyl halides is 3. The van der Waals surface area contributed by atoms with Crippen LogP contribution in [0.25, 0.3) is 0 Å². The first kappa shape index (κ1) is 14.6. The van der Waals surface area contributed by atoms with Gasteiger partial charge in [-0.2, -0.15) is 18.4 Å². The molecule has 0 aliphatic carbocycles. The molecule has 0 unspecified atom stereocenters. The minimum absolute atomic E-state index is 0.171. The Morgan fingerprint density at radius 2 is 1.65 bits per heavy atom. The van der Waals surface area contributed by atoms with E-state index in [4.69, 9.17) is 5.26 Å². The Morgan fingerprint density at radius 3 is 2.20 bits per heavy atom. The molecule has 3 nitrogen and oxygen atoms in total. The van der Waals surface area contributed by atoms with E-state index in [1.165, 1.54) is 6.07 Å². The highest BCUT2D eigenvalue weighted by Gasteiger charge is 2.33. The third-order valence-corrected chi connectivity index (χ3v) is 3.44. The quantitative estimate of drug-likeness (QED) is 0.788. The van der Waals surface area contributed by atoms with E-state index in [1.54, 1.807) is 0 Å². The Bertz CT molecular complexity index is 497. The average Bonchev–Trinajstić information content (AvgIpc) is 2.36. The lowest BCUT2D eigenvalue weighted by Crippen LogP contribution is -2.29. The zero-order chi connectivity index (χ0) is 14.6. The molecule has 20 heavy (non-hydrogen) atoms. The van der Waals surface area contributed by atoms with Gasteiger partial charge in [-0.15, -0.1) is 0 Å². The molecule has 108 valence electrons. The van der Waals surface area contributed by atoms with Gasteiger partial charge in [0.05, 0.1) is 5.56 Å². The minimum Gasteiger partial charge on any atom is -0.356 e. The van der Waals surface area contributed by atoms with Crippen LogP contribution in [0.3, 0.4) is 0 Å². The molecular weight excluding hydrogens is 267 g/mol. The molecule has 1 fully saturated rings. The maximum Gasteiger partial charge on any atom is 0.433 e. The monoisotopic (exact) mass is 283 g/mol. The van der Waals surface area contributed by atoms with Crippen molar-refractivity contribution in [3.63, 3.8) is 0 Å². The Balaban J connectivity index is 2.34. The fourth-order valence-electron chi connectivity index (χ4n) is 2.39. The van der Waals surface area contributed by atoms with Crippen LogP contribution in [-0.4, -0.2) is 18.1 Å². The molecule has 2 rings (SSSR count). The zero-order valence-corrected chi connectivity index (χ0v) is 11.1. The van der Waals surface area contributed by atoms with Crippen LogP contribution in [0, 0.1) is 11.3 Å². The largest absolute Gasteiger partial charge is 0.433 e. The van der Waals surface area contributed by atoms with Crippen molar-refractivity contribution >= 4 is 5.82 Å². The van der Waals surface area contributed by atoms with Crippen molar-refractivity contribution in [3.8, 4) is 6.07 Å². The standard InChI is InChI=1S/C14H16F3N3/c15-14(16,17)12-7-6-11(10-18)13(19-12)20-8-4-2-1-3-5-9-20/h6-7H,1-5,8-9H2. The molecule has 0 saturated carbocycles. The van der Waals surface area contributed by atoms with Gasteiger partial charge in [0.2, 0.25) is 0 Å². The van der Waals surface area contributed by atoms with Gasteiger partial charge in [-0.3, -0.25) is 0 Å². The fraction of sp³-hybridized carbons (Fsp3) is 0.571. The number of anilines is 1. The smallest absolute Gasteiger partial charge is 0.356 e. The number of pyridine rings is 1. The number of rotatable bonds is 1. The van der Waals surface area contributed by atoms with Gasteiger partial charge in [-0.1, -0.05) is 19.3 Å². The van der Waals surface area contributed by atoms with Gasteiger partial charge in [-0.05, 0) is 25.0 Å². The second-order valence-electron chi connectivity index (χ2n) is 4.93. The summed E-state index contributed by atoms with van der Waals surface area (Å²) < 4.78 is 38.3. The highest BCUT2D eigenvalue weighted by molar-refractivity contribution is 5.54. The SMILES string of the molecule is N#Cc1ccc(C(F)(F)F)nc1N1CCCCCCC1. The van der Waals surface area contributed by atoms with E-state index >= 15 is 0 Å². The number of nitriles is 1. The van der Waals surface area contributed by atoms with E-state index < -0.39 is 11.9 Å². The first-order valence-electron chi connectivity index (χ1n) is 6.75. The number of nitrogens with zero attached hydrogens (tertiary/aromatic N) is 3. The Kier molecular flexibility index (Phi) is 4.48. The Labute approximate surface area is 116 Å². The van der Waals surface area contributed by atoms with E-state index in [0.717, 1.165) is 38.2 Å². The lowest BCUT2D eigenvalue weighted by atomic mass is 10.1. The third kappa shape index (κ3) is 3.41. The lowest BCUT2D eigenvalue weighted by molar-refractivity contribution is -0.141. The number of halogens is 3. The first-order chi connectivity index (χ1) is 9.52. The predicted molar refractivity (Wildman–Crippen MR) is 69.3 cm³/mol. The van der Waals surface area contributed by atoms with Crippen LogP contribution >= 0.6 is 0 Å². The molecule has 1 aromatic heterocycles. The molecule has 0 bridgehead atoms. The highest BCUT2D eigenvalue weighted by atomic mass is 19.4. The van der Waals surface area contributed by atoms with Crippen molar-refractivity contribution in [2.45, 2.75) is 38.3 Å². The van der Waals surface area contributed by atoms with E-state index in [1.807, 2.05) is 11.0 Å². The summed E-state index contributed by atoms with van der Waals surface area (Å²) >= 11 is 0. The minimum atomic E-state index is -4.48. The van der Waals surface area contributed by atoms with E-state index in [2.05, 4.69) is 4.98 Å². The topological polar surface area (TPSA) is 39.9 Å². The summed E-state index contributed by atoms with van der Waals surface area (Å²) in [5, 5.41) is 9.07. The molecule has 0 radical (unpaired) electrons. The Hall–Kier alpha value is -1.77. The van der Waals surface area contributed by atoms with Crippen LogP contribution in [0.4, 0.5) is 19.0 Å². The Morgan fingerprint density at radius 1 is 1.05 bits per heavy atom. The van der Waals surface area contributed by atoms with Crippen LogP contribution in [0.15, 0.2) is 12.1 Å². The highest BCUT2D eigenvalue weighted by Crippen LogP contribution is 2.31. The second kappa shape index (κ2) is 6.12. The zero-order valence-electron chi connectivity index (χ0n) is 11.1. The molecule has 0 spiro atoms. The van der Waals surface area contributed by atoms with Gasteiger partial charge >= 0.3 is 6.18 Å². The first-order valence-corrected chi connectivity index (χ1v) is 6.75. The summed E-state index contributed by atoms with van der Waals surface area (Å²) in [6.45, 7) is 1.31. The van der Waals surface area contributed by atoms with Crippen molar-refractivity contribution < 1.29 is 13.2 Å². The summed E-state index contributed by atoms with van der Waals surface area (Å²) in [5.74, 6) is 0.171. The molecule has 0 atom stereocenters. The molecule has 1 aromatic rings. The van der Waals surface area contributed by atoms with Crippen LogP contribution in [0.5, 0.6) is 0 Å². The molecule has 1 aliphatic heterocycles. The van der Waals surface area contributed by atoms with Crippen LogP contribution in [-0.2, 0) is 6.18 Å². The van der Waals surface area contributed by atoms with Gasteiger partial charge in [-0.25, -0.2) is 4.98 Å². The molecule has 6 heteroatoms. The third-order valence-electron chi connectivity index (χ3n) is 3.44. The van der Waals surface area contributed by atoms with Crippen LogP contribution in [0.2, 0.25) is 0 Å². The van der Waals surface area contributed by atoms with E-state index in [9.17, 15) is 13.2 Å². The predicted octanol–water partition coefficient (Wildman–Crippen LogP) is 3.74.